The molecule has 0 bridgehead atoms. The van der Waals surface area contributed by atoms with Gasteiger partial charge in [0.1, 0.15) is 6.61 Å². The van der Waals surface area contributed by atoms with Gasteiger partial charge < -0.3 is 14.4 Å². The van der Waals surface area contributed by atoms with Crippen LogP contribution in [0, 0.1) is 0 Å². The maximum atomic E-state index is 6.23. The fraction of sp³-hybridized carbons (Fsp3) is 0.263. The van der Waals surface area contributed by atoms with Crippen LogP contribution in [0.2, 0.25) is 5.02 Å². The predicted octanol–water partition coefficient (Wildman–Crippen LogP) is 3.70. The molecule has 0 radical (unpaired) electrons. The third-order valence-corrected chi connectivity index (χ3v) is 4.52. The van der Waals surface area contributed by atoms with Gasteiger partial charge in [0, 0.05) is 23.7 Å². The molecule has 3 aromatic rings. The summed E-state index contributed by atoms with van der Waals surface area (Å²) in [4.78, 5) is 11.6. The summed E-state index contributed by atoms with van der Waals surface area (Å²) in [6.45, 7) is 3.26. The maximum Gasteiger partial charge on any atom is 0.258 e. The highest BCUT2D eigenvalue weighted by atomic mass is 35.5. The molecule has 0 aliphatic carbocycles. The fourth-order valence-electron chi connectivity index (χ4n) is 2.81. The first kappa shape index (κ1) is 16.1. The van der Waals surface area contributed by atoms with Gasteiger partial charge in [0.25, 0.3) is 5.88 Å². The number of ether oxygens (including phenoxy) is 2. The smallest absolute Gasteiger partial charge is 0.258 e. The van der Waals surface area contributed by atoms with Gasteiger partial charge in [-0.3, -0.25) is 0 Å². The van der Waals surface area contributed by atoms with Crippen LogP contribution in [0.4, 0.5) is 5.82 Å². The van der Waals surface area contributed by atoms with Gasteiger partial charge >= 0.3 is 0 Å². The summed E-state index contributed by atoms with van der Waals surface area (Å²) in [5, 5.41) is 0.684. The van der Waals surface area contributed by atoms with E-state index in [2.05, 4.69) is 9.88 Å². The van der Waals surface area contributed by atoms with Crippen molar-refractivity contribution in [2.45, 2.75) is 6.61 Å². The van der Waals surface area contributed by atoms with E-state index in [0.717, 1.165) is 35.5 Å². The topological polar surface area (TPSA) is 47.5 Å². The summed E-state index contributed by atoms with van der Waals surface area (Å²) in [6.07, 6.45) is 0. The number of morpholine rings is 1. The summed E-state index contributed by atoms with van der Waals surface area (Å²) in [5.41, 5.74) is 2.59. The summed E-state index contributed by atoms with van der Waals surface area (Å²) in [5.74, 6) is 1.29. The van der Waals surface area contributed by atoms with Crippen LogP contribution >= 0.6 is 11.6 Å². The van der Waals surface area contributed by atoms with Crippen LogP contribution in [0.1, 0.15) is 5.56 Å². The molecular weight excluding hydrogens is 338 g/mol. The standard InChI is InChI=1S/C19H18ClN3O2/c20-15-6-2-1-5-14(15)13-25-19-18(23-9-11-24-12-10-23)21-16-7-3-4-8-17(16)22-19/h1-8H,9-13H2. The van der Waals surface area contributed by atoms with E-state index < -0.39 is 0 Å². The summed E-state index contributed by atoms with van der Waals surface area (Å²) < 4.78 is 11.5. The van der Waals surface area contributed by atoms with Gasteiger partial charge in [0.15, 0.2) is 5.82 Å². The Kier molecular flexibility index (Phi) is 4.68. The van der Waals surface area contributed by atoms with Crippen molar-refractivity contribution in [3.05, 3.63) is 59.1 Å². The second kappa shape index (κ2) is 7.25. The number of anilines is 1. The molecule has 0 amide bonds. The number of hydrogen-bond donors (Lipinski definition) is 0. The second-order valence-corrected chi connectivity index (χ2v) is 6.23. The summed E-state index contributed by atoms with van der Waals surface area (Å²) in [7, 11) is 0. The molecule has 0 unspecified atom stereocenters. The van der Waals surface area contributed by atoms with Gasteiger partial charge in [-0.05, 0) is 18.2 Å². The van der Waals surface area contributed by atoms with Crippen molar-refractivity contribution in [1.82, 2.24) is 9.97 Å². The lowest BCUT2D eigenvalue weighted by Gasteiger charge is -2.28. The van der Waals surface area contributed by atoms with E-state index in [9.17, 15) is 0 Å². The average Bonchev–Trinajstić information content (AvgIpc) is 2.67. The molecule has 6 heteroatoms. The average molecular weight is 356 g/mol. The monoisotopic (exact) mass is 355 g/mol. The summed E-state index contributed by atoms with van der Waals surface area (Å²) in [6, 6.07) is 15.5. The van der Waals surface area contributed by atoms with Gasteiger partial charge in [0.05, 0.1) is 24.2 Å². The van der Waals surface area contributed by atoms with Gasteiger partial charge in [-0.25, -0.2) is 9.97 Å². The van der Waals surface area contributed by atoms with Crippen molar-refractivity contribution < 1.29 is 9.47 Å². The number of para-hydroxylation sites is 2. The van der Waals surface area contributed by atoms with Gasteiger partial charge in [-0.15, -0.1) is 0 Å². The zero-order valence-electron chi connectivity index (χ0n) is 13.7. The van der Waals surface area contributed by atoms with Crippen LogP contribution in [0.15, 0.2) is 48.5 Å². The highest BCUT2D eigenvalue weighted by Crippen LogP contribution is 2.29. The highest BCUT2D eigenvalue weighted by Gasteiger charge is 2.20. The molecular formula is C19H18ClN3O2. The Balaban J connectivity index is 1.68. The third kappa shape index (κ3) is 3.52. The van der Waals surface area contributed by atoms with Crippen LogP contribution in [-0.2, 0) is 11.3 Å². The highest BCUT2D eigenvalue weighted by molar-refractivity contribution is 6.31. The molecule has 1 saturated heterocycles. The van der Waals surface area contributed by atoms with Gasteiger partial charge in [-0.1, -0.05) is 41.9 Å². The third-order valence-electron chi connectivity index (χ3n) is 4.15. The van der Waals surface area contributed by atoms with Crippen LogP contribution < -0.4 is 9.64 Å². The molecule has 128 valence electrons. The fourth-order valence-corrected chi connectivity index (χ4v) is 3.00. The molecule has 4 rings (SSSR count). The minimum atomic E-state index is 0.351. The van der Waals surface area contributed by atoms with E-state index >= 15 is 0 Å². The van der Waals surface area contributed by atoms with Crippen LogP contribution in [0.3, 0.4) is 0 Å². The number of nitrogens with zero attached hydrogens (tertiary/aromatic N) is 3. The quantitative estimate of drug-likeness (QED) is 0.714. The Morgan fingerprint density at radius 1 is 0.960 bits per heavy atom. The SMILES string of the molecule is Clc1ccccc1COc1nc2ccccc2nc1N1CCOCC1. The number of halogens is 1. The Morgan fingerprint density at radius 2 is 1.64 bits per heavy atom. The van der Waals surface area contributed by atoms with E-state index in [1.807, 2.05) is 48.5 Å². The Morgan fingerprint density at radius 3 is 2.40 bits per heavy atom. The van der Waals surface area contributed by atoms with Crippen LogP contribution in [0.5, 0.6) is 5.88 Å². The molecule has 0 spiro atoms. The Bertz CT molecular complexity index is 881. The first-order valence-corrected chi connectivity index (χ1v) is 8.65. The zero-order valence-corrected chi connectivity index (χ0v) is 14.4. The molecule has 5 nitrogen and oxygen atoms in total. The van der Waals surface area contributed by atoms with Crippen molar-refractivity contribution in [2.24, 2.45) is 0 Å². The molecule has 2 heterocycles. The lowest BCUT2D eigenvalue weighted by molar-refractivity contribution is 0.122. The molecule has 0 N–H and O–H groups in total. The number of fused-ring (bicyclic) bond motifs is 1. The summed E-state index contributed by atoms with van der Waals surface area (Å²) >= 11 is 6.23. The maximum absolute atomic E-state index is 6.23. The molecule has 2 aromatic carbocycles. The van der Waals surface area contributed by atoms with Gasteiger partial charge in [-0.2, -0.15) is 0 Å². The predicted molar refractivity (Wildman–Crippen MR) is 98.4 cm³/mol. The lowest BCUT2D eigenvalue weighted by Crippen LogP contribution is -2.37. The van der Waals surface area contributed by atoms with Crippen LogP contribution in [0.25, 0.3) is 11.0 Å². The largest absolute Gasteiger partial charge is 0.470 e. The number of rotatable bonds is 4. The minimum absolute atomic E-state index is 0.351. The second-order valence-electron chi connectivity index (χ2n) is 5.82. The molecule has 1 aliphatic rings. The lowest BCUT2D eigenvalue weighted by atomic mass is 10.2. The van der Waals surface area contributed by atoms with Crippen molar-refractivity contribution in [1.29, 1.82) is 0 Å². The number of aromatic nitrogens is 2. The Hall–Kier alpha value is -2.37. The molecule has 1 aliphatic heterocycles. The first-order chi connectivity index (χ1) is 12.3. The normalized spacial score (nSPS) is 14.7. The minimum Gasteiger partial charge on any atom is -0.470 e. The van der Waals surface area contributed by atoms with Crippen molar-refractivity contribution in [3.8, 4) is 5.88 Å². The van der Waals surface area contributed by atoms with Crippen LogP contribution in [-0.4, -0.2) is 36.3 Å². The molecule has 25 heavy (non-hydrogen) atoms. The van der Waals surface area contributed by atoms with E-state index in [-0.39, 0.29) is 0 Å². The molecule has 1 fully saturated rings. The van der Waals surface area contributed by atoms with Crippen molar-refractivity contribution in [3.63, 3.8) is 0 Å². The number of hydrogen-bond acceptors (Lipinski definition) is 5. The van der Waals surface area contributed by atoms with E-state index in [4.69, 9.17) is 26.1 Å². The van der Waals surface area contributed by atoms with E-state index in [0.29, 0.717) is 30.7 Å². The number of benzene rings is 2. The van der Waals surface area contributed by atoms with Crippen molar-refractivity contribution >= 4 is 28.5 Å². The first-order valence-electron chi connectivity index (χ1n) is 8.27. The van der Waals surface area contributed by atoms with Gasteiger partial charge in [0.2, 0.25) is 0 Å². The zero-order chi connectivity index (χ0) is 17.1. The molecule has 0 atom stereocenters. The van der Waals surface area contributed by atoms with E-state index in [1.165, 1.54) is 0 Å². The Labute approximate surface area is 151 Å². The molecule has 1 aromatic heterocycles. The van der Waals surface area contributed by atoms with Crippen molar-refractivity contribution in [2.75, 3.05) is 31.2 Å². The molecule has 0 saturated carbocycles. The van der Waals surface area contributed by atoms with E-state index in [1.54, 1.807) is 0 Å².